The quantitative estimate of drug-likeness (QED) is 0.766. The number of aryl methyl sites for hydroxylation is 1. The summed E-state index contributed by atoms with van der Waals surface area (Å²) < 4.78 is 6.61. The van der Waals surface area contributed by atoms with E-state index < -0.39 is 0 Å². The zero-order chi connectivity index (χ0) is 12.1. The van der Waals surface area contributed by atoms with Crippen molar-refractivity contribution in [3.63, 3.8) is 0 Å². The fraction of sp³-hybridized carbons (Fsp3) is 0.500. The van der Waals surface area contributed by atoms with Crippen molar-refractivity contribution in [2.24, 2.45) is 0 Å². The molecule has 1 heterocycles. The minimum absolute atomic E-state index is 0.159. The topological polar surface area (TPSA) is 73.2 Å². The highest BCUT2D eigenvalue weighted by molar-refractivity contribution is 5.87. The molecule has 0 fully saturated rings. The van der Waals surface area contributed by atoms with Crippen molar-refractivity contribution >= 4 is 17.7 Å². The molecule has 0 atom stereocenters. The predicted molar refractivity (Wildman–Crippen MR) is 57.9 cm³/mol. The van der Waals surface area contributed by atoms with E-state index in [4.69, 9.17) is 4.74 Å². The van der Waals surface area contributed by atoms with Crippen molar-refractivity contribution < 1.29 is 14.3 Å². The lowest BCUT2D eigenvalue weighted by molar-refractivity contribution is -0.141. The van der Waals surface area contributed by atoms with Crippen molar-refractivity contribution in [3.05, 3.63) is 12.0 Å². The Hall–Kier alpha value is -1.85. The van der Waals surface area contributed by atoms with E-state index in [0.29, 0.717) is 12.4 Å². The lowest BCUT2D eigenvalue weighted by Gasteiger charge is -2.10. The van der Waals surface area contributed by atoms with Crippen LogP contribution in [-0.2, 0) is 20.9 Å². The van der Waals surface area contributed by atoms with Gasteiger partial charge in [0.05, 0.1) is 12.7 Å². The molecule has 0 bridgehead atoms. The number of nitrogens with zero attached hydrogens (tertiary/aromatic N) is 2. The summed E-state index contributed by atoms with van der Waals surface area (Å²) in [5.41, 5.74) is 0. The largest absolute Gasteiger partial charge is 0.464 e. The molecular weight excluding hydrogens is 210 g/mol. The van der Waals surface area contributed by atoms with Crippen LogP contribution in [0.2, 0.25) is 0 Å². The maximum absolute atomic E-state index is 10.9. The number of carbonyl (C=O) groups excluding carboxylic acids is 2. The first-order valence-electron chi connectivity index (χ1n) is 4.93. The second-order valence-corrected chi connectivity index (χ2v) is 3.36. The first kappa shape index (κ1) is 12.2. The highest BCUT2D eigenvalue weighted by atomic mass is 16.5. The number of carbonyl (C=O) groups is 2. The summed E-state index contributed by atoms with van der Waals surface area (Å²) in [6, 6.07) is 0. The Kier molecular flexibility index (Phi) is 4.04. The molecule has 1 aromatic heterocycles. The molecule has 0 aliphatic rings. The number of esters is 1. The van der Waals surface area contributed by atoms with E-state index in [1.165, 1.54) is 13.8 Å². The fourth-order valence-corrected chi connectivity index (χ4v) is 1.31. The van der Waals surface area contributed by atoms with Crippen LogP contribution in [0.1, 0.15) is 19.7 Å². The first-order chi connectivity index (χ1) is 7.50. The van der Waals surface area contributed by atoms with Crippen LogP contribution in [0.5, 0.6) is 0 Å². The molecule has 0 aliphatic carbocycles. The number of ether oxygens (including phenoxy) is 1. The number of imidazole rings is 1. The van der Waals surface area contributed by atoms with Crippen LogP contribution in [0.15, 0.2) is 6.20 Å². The standard InChI is InChI=1S/C10H15N3O3/c1-7-11-6-10(12-8(2)14)13(7)4-5-16-9(3)15/h6H,4-5H2,1-3H3,(H,12,14). The van der Waals surface area contributed by atoms with E-state index >= 15 is 0 Å². The molecule has 0 radical (unpaired) electrons. The monoisotopic (exact) mass is 225 g/mol. The van der Waals surface area contributed by atoms with Gasteiger partial charge in [-0.3, -0.25) is 9.59 Å². The Balaban J connectivity index is 2.66. The van der Waals surface area contributed by atoms with Gasteiger partial charge >= 0.3 is 5.97 Å². The van der Waals surface area contributed by atoms with Gasteiger partial charge in [-0.05, 0) is 6.92 Å². The fourth-order valence-electron chi connectivity index (χ4n) is 1.31. The summed E-state index contributed by atoms with van der Waals surface area (Å²) in [5, 5.41) is 2.65. The van der Waals surface area contributed by atoms with Crippen LogP contribution >= 0.6 is 0 Å². The number of nitrogens with one attached hydrogen (secondary N) is 1. The molecule has 0 saturated carbocycles. The van der Waals surface area contributed by atoms with Gasteiger partial charge in [-0.15, -0.1) is 0 Å². The van der Waals surface area contributed by atoms with Gasteiger partial charge in [0, 0.05) is 13.8 Å². The summed E-state index contributed by atoms with van der Waals surface area (Å²) in [6.07, 6.45) is 1.57. The number of hydrogen-bond donors (Lipinski definition) is 1. The molecule has 0 spiro atoms. The van der Waals surface area contributed by atoms with Gasteiger partial charge in [0.25, 0.3) is 0 Å². The zero-order valence-corrected chi connectivity index (χ0v) is 9.61. The van der Waals surface area contributed by atoms with Crippen LogP contribution in [-0.4, -0.2) is 28.0 Å². The van der Waals surface area contributed by atoms with Gasteiger partial charge in [0.15, 0.2) is 0 Å². The van der Waals surface area contributed by atoms with Crippen LogP contribution in [0, 0.1) is 6.92 Å². The summed E-state index contributed by atoms with van der Waals surface area (Å²) in [5.74, 6) is 0.889. The van der Waals surface area contributed by atoms with E-state index in [1.54, 1.807) is 10.8 Å². The van der Waals surface area contributed by atoms with Gasteiger partial charge in [-0.2, -0.15) is 0 Å². The molecule has 16 heavy (non-hydrogen) atoms. The zero-order valence-electron chi connectivity index (χ0n) is 9.61. The Morgan fingerprint density at radius 3 is 2.75 bits per heavy atom. The molecule has 1 amide bonds. The maximum atomic E-state index is 10.9. The lowest BCUT2D eigenvalue weighted by atomic mass is 10.5. The van der Waals surface area contributed by atoms with E-state index in [1.807, 2.05) is 6.92 Å². The maximum Gasteiger partial charge on any atom is 0.302 e. The average molecular weight is 225 g/mol. The van der Waals surface area contributed by atoms with Crippen molar-refractivity contribution in [1.29, 1.82) is 0 Å². The van der Waals surface area contributed by atoms with Crippen molar-refractivity contribution in [3.8, 4) is 0 Å². The molecule has 0 unspecified atom stereocenters. The second kappa shape index (κ2) is 5.29. The molecule has 0 saturated heterocycles. The van der Waals surface area contributed by atoms with Gasteiger partial charge in [-0.1, -0.05) is 0 Å². The van der Waals surface area contributed by atoms with E-state index in [-0.39, 0.29) is 18.5 Å². The number of aromatic nitrogens is 2. The molecule has 0 aromatic carbocycles. The molecule has 88 valence electrons. The van der Waals surface area contributed by atoms with Crippen molar-refractivity contribution in [2.45, 2.75) is 27.3 Å². The van der Waals surface area contributed by atoms with Crippen LogP contribution < -0.4 is 5.32 Å². The Bertz CT molecular complexity index is 398. The van der Waals surface area contributed by atoms with Gasteiger partial charge < -0.3 is 14.6 Å². The summed E-state index contributed by atoms with van der Waals surface area (Å²) in [4.78, 5) is 25.6. The third-order valence-corrected chi connectivity index (χ3v) is 1.98. The molecule has 0 aliphatic heterocycles. The van der Waals surface area contributed by atoms with Crippen LogP contribution in [0.4, 0.5) is 5.82 Å². The minimum Gasteiger partial charge on any atom is -0.464 e. The third kappa shape index (κ3) is 3.38. The Morgan fingerprint density at radius 1 is 1.50 bits per heavy atom. The van der Waals surface area contributed by atoms with Gasteiger partial charge in [0.1, 0.15) is 18.2 Å². The third-order valence-electron chi connectivity index (χ3n) is 1.98. The van der Waals surface area contributed by atoms with E-state index in [2.05, 4.69) is 10.3 Å². The molecule has 1 aromatic rings. The van der Waals surface area contributed by atoms with Gasteiger partial charge in [0.2, 0.25) is 5.91 Å². The number of rotatable bonds is 4. The van der Waals surface area contributed by atoms with E-state index in [0.717, 1.165) is 5.82 Å². The molecule has 1 rings (SSSR count). The first-order valence-corrected chi connectivity index (χ1v) is 4.93. The number of hydrogen-bond acceptors (Lipinski definition) is 4. The molecule has 6 nitrogen and oxygen atoms in total. The summed E-state index contributed by atoms with van der Waals surface area (Å²) in [6.45, 7) is 5.34. The SMILES string of the molecule is CC(=O)Nc1cnc(C)n1CCOC(C)=O. The second-order valence-electron chi connectivity index (χ2n) is 3.36. The highest BCUT2D eigenvalue weighted by Crippen LogP contribution is 2.10. The Morgan fingerprint density at radius 2 is 2.19 bits per heavy atom. The van der Waals surface area contributed by atoms with Crippen molar-refractivity contribution in [2.75, 3.05) is 11.9 Å². The predicted octanol–water partition coefficient (Wildman–Crippen LogP) is 0.713. The Labute approximate surface area is 93.6 Å². The minimum atomic E-state index is -0.321. The molecule has 1 N–H and O–H groups in total. The summed E-state index contributed by atoms with van der Waals surface area (Å²) >= 11 is 0. The highest BCUT2D eigenvalue weighted by Gasteiger charge is 2.07. The lowest BCUT2D eigenvalue weighted by Crippen LogP contribution is -2.15. The van der Waals surface area contributed by atoms with Crippen LogP contribution in [0.3, 0.4) is 0 Å². The normalized spacial score (nSPS) is 9.94. The van der Waals surface area contributed by atoms with E-state index in [9.17, 15) is 9.59 Å². The molecule has 6 heteroatoms. The van der Waals surface area contributed by atoms with Crippen molar-refractivity contribution in [1.82, 2.24) is 9.55 Å². The number of amides is 1. The number of anilines is 1. The average Bonchev–Trinajstić information content (AvgIpc) is 2.48. The smallest absolute Gasteiger partial charge is 0.302 e. The molecular formula is C10H15N3O3. The summed E-state index contributed by atoms with van der Waals surface area (Å²) in [7, 11) is 0. The van der Waals surface area contributed by atoms with Crippen LogP contribution in [0.25, 0.3) is 0 Å². The van der Waals surface area contributed by atoms with Gasteiger partial charge in [-0.25, -0.2) is 4.98 Å².